The van der Waals surface area contributed by atoms with Gasteiger partial charge in [-0.1, -0.05) is 0 Å². The summed E-state index contributed by atoms with van der Waals surface area (Å²) in [6.45, 7) is 8.30. The fourth-order valence-corrected chi connectivity index (χ4v) is 2.46. The number of nitrogens with two attached hydrogens (primary N) is 1. The topological polar surface area (TPSA) is 92.9 Å². The molecule has 3 N–H and O–H groups in total. The number of thiazole rings is 1. The summed E-state index contributed by atoms with van der Waals surface area (Å²) < 4.78 is 0. The molecule has 20 heavy (non-hydrogen) atoms. The van der Waals surface area contributed by atoms with E-state index in [1.54, 1.807) is 11.3 Å². The van der Waals surface area contributed by atoms with Crippen molar-refractivity contribution in [2.24, 2.45) is 0 Å². The van der Waals surface area contributed by atoms with E-state index in [0.717, 1.165) is 23.8 Å². The van der Waals surface area contributed by atoms with Crippen molar-refractivity contribution in [1.29, 1.82) is 0 Å². The highest BCUT2D eigenvalue weighted by Crippen LogP contribution is 2.14. The maximum atomic E-state index is 5.74. The van der Waals surface area contributed by atoms with E-state index in [9.17, 15) is 0 Å². The second-order valence-corrected chi connectivity index (χ2v) is 5.17. The highest BCUT2D eigenvalue weighted by Gasteiger charge is 2.10. The number of aromatic nitrogens is 4. The molecule has 7 nitrogen and oxygen atoms in total. The third-order valence-corrected chi connectivity index (χ3v) is 3.72. The van der Waals surface area contributed by atoms with E-state index in [1.807, 2.05) is 17.2 Å². The Hall–Kier alpha value is -1.96. The van der Waals surface area contributed by atoms with E-state index < -0.39 is 0 Å². The first-order chi connectivity index (χ1) is 9.62. The lowest BCUT2D eigenvalue weighted by Crippen LogP contribution is -2.25. The molecule has 2 aromatic heterocycles. The van der Waals surface area contributed by atoms with Gasteiger partial charge in [-0.2, -0.15) is 15.0 Å². The third kappa shape index (κ3) is 3.53. The van der Waals surface area contributed by atoms with Gasteiger partial charge < -0.3 is 16.0 Å². The molecule has 0 unspecified atom stereocenters. The number of nitrogens with one attached hydrogen (secondary N) is 1. The summed E-state index contributed by atoms with van der Waals surface area (Å²) in [5.41, 5.74) is 6.76. The maximum absolute atomic E-state index is 5.74. The molecule has 0 aliphatic carbocycles. The minimum Gasteiger partial charge on any atom is -0.368 e. The maximum Gasteiger partial charge on any atom is 0.231 e. The van der Waals surface area contributed by atoms with E-state index in [4.69, 9.17) is 5.73 Å². The smallest absolute Gasteiger partial charge is 0.231 e. The van der Waals surface area contributed by atoms with Crippen LogP contribution in [0.5, 0.6) is 0 Å². The van der Waals surface area contributed by atoms with Crippen molar-refractivity contribution in [3.63, 3.8) is 0 Å². The molecule has 0 aromatic carbocycles. The quantitative estimate of drug-likeness (QED) is 0.837. The molecule has 0 saturated carbocycles. The molecule has 108 valence electrons. The van der Waals surface area contributed by atoms with Gasteiger partial charge in [-0.25, -0.2) is 4.98 Å². The number of nitrogen functional groups attached to an aromatic ring is 1. The van der Waals surface area contributed by atoms with Crippen molar-refractivity contribution in [2.45, 2.75) is 27.3 Å². The van der Waals surface area contributed by atoms with Crippen LogP contribution in [-0.4, -0.2) is 33.0 Å². The average Bonchev–Trinajstić information content (AvgIpc) is 2.83. The van der Waals surface area contributed by atoms with Gasteiger partial charge in [-0.15, -0.1) is 11.3 Å². The Morgan fingerprint density at radius 1 is 1.20 bits per heavy atom. The van der Waals surface area contributed by atoms with Crippen LogP contribution in [0.3, 0.4) is 0 Å². The first kappa shape index (κ1) is 14.4. The molecule has 0 bridgehead atoms. The van der Waals surface area contributed by atoms with E-state index in [2.05, 4.69) is 39.1 Å². The van der Waals surface area contributed by atoms with Gasteiger partial charge in [-0.05, 0) is 20.8 Å². The fraction of sp³-hybridized carbons (Fsp3) is 0.500. The zero-order valence-electron chi connectivity index (χ0n) is 11.9. The van der Waals surface area contributed by atoms with E-state index in [1.165, 1.54) is 0 Å². The molecule has 0 fully saturated rings. The summed E-state index contributed by atoms with van der Waals surface area (Å²) in [4.78, 5) is 19.1. The van der Waals surface area contributed by atoms with Crippen molar-refractivity contribution in [2.75, 3.05) is 29.0 Å². The number of hydrogen-bond donors (Lipinski definition) is 2. The van der Waals surface area contributed by atoms with Gasteiger partial charge in [0.05, 0.1) is 6.54 Å². The minimum absolute atomic E-state index is 0.222. The number of hydrogen-bond acceptors (Lipinski definition) is 8. The van der Waals surface area contributed by atoms with Crippen LogP contribution in [0.4, 0.5) is 17.8 Å². The lowest BCUT2D eigenvalue weighted by molar-refractivity contribution is 0.813. The normalized spacial score (nSPS) is 10.6. The molecule has 0 amide bonds. The zero-order chi connectivity index (χ0) is 14.5. The fourth-order valence-electron chi connectivity index (χ4n) is 1.75. The van der Waals surface area contributed by atoms with Gasteiger partial charge >= 0.3 is 0 Å². The molecule has 8 heteroatoms. The SMILES string of the molecule is CCN(CC)c1nc(N)nc(NCc2nc(C)cs2)n1. The van der Waals surface area contributed by atoms with Crippen molar-refractivity contribution >= 4 is 29.2 Å². The third-order valence-electron chi connectivity index (χ3n) is 2.75. The first-order valence-corrected chi connectivity index (χ1v) is 7.41. The molecule has 0 spiro atoms. The number of rotatable bonds is 6. The largest absolute Gasteiger partial charge is 0.368 e. The first-order valence-electron chi connectivity index (χ1n) is 6.53. The van der Waals surface area contributed by atoms with E-state index in [0.29, 0.717) is 18.4 Å². The second kappa shape index (κ2) is 6.47. The number of aryl methyl sites for hydroxylation is 1. The molecular formula is C12H19N7S. The van der Waals surface area contributed by atoms with E-state index >= 15 is 0 Å². The Morgan fingerprint density at radius 2 is 1.95 bits per heavy atom. The highest BCUT2D eigenvalue weighted by atomic mass is 32.1. The van der Waals surface area contributed by atoms with Crippen LogP contribution in [0.15, 0.2) is 5.38 Å². The van der Waals surface area contributed by atoms with Crippen LogP contribution < -0.4 is 16.0 Å². The van der Waals surface area contributed by atoms with Crippen LogP contribution in [0.1, 0.15) is 24.5 Å². The lowest BCUT2D eigenvalue weighted by atomic mass is 10.5. The van der Waals surface area contributed by atoms with Crippen molar-refractivity contribution in [1.82, 2.24) is 19.9 Å². The molecule has 0 radical (unpaired) electrons. The summed E-state index contributed by atoms with van der Waals surface area (Å²) in [6.07, 6.45) is 0. The Labute approximate surface area is 122 Å². The molecule has 0 atom stereocenters. The minimum atomic E-state index is 0.222. The molecule has 0 aliphatic heterocycles. The van der Waals surface area contributed by atoms with Crippen LogP contribution in [-0.2, 0) is 6.54 Å². The van der Waals surface area contributed by atoms with Crippen molar-refractivity contribution in [3.8, 4) is 0 Å². The number of nitrogens with zero attached hydrogens (tertiary/aromatic N) is 5. The van der Waals surface area contributed by atoms with Crippen LogP contribution in [0.2, 0.25) is 0 Å². The zero-order valence-corrected chi connectivity index (χ0v) is 12.7. The van der Waals surface area contributed by atoms with Gasteiger partial charge in [0.25, 0.3) is 0 Å². The standard InChI is InChI=1S/C12H19N7S/c1-4-19(5-2)12-17-10(13)16-11(18-12)14-6-9-15-8(3)7-20-9/h7H,4-6H2,1-3H3,(H3,13,14,16,17,18). The number of anilines is 3. The molecule has 2 aromatic rings. The summed E-state index contributed by atoms with van der Waals surface area (Å²) in [7, 11) is 0. The Balaban J connectivity index is 2.11. The summed E-state index contributed by atoms with van der Waals surface area (Å²) in [6, 6.07) is 0. The van der Waals surface area contributed by atoms with Crippen molar-refractivity contribution < 1.29 is 0 Å². The molecule has 0 aliphatic rings. The van der Waals surface area contributed by atoms with Crippen LogP contribution in [0.25, 0.3) is 0 Å². The summed E-state index contributed by atoms with van der Waals surface area (Å²) >= 11 is 1.61. The van der Waals surface area contributed by atoms with Crippen molar-refractivity contribution in [3.05, 3.63) is 16.1 Å². The predicted molar refractivity (Wildman–Crippen MR) is 82.0 cm³/mol. The summed E-state index contributed by atoms with van der Waals surface area (Å²) in [5.74, 6) is 1.30. The van der Waals surface area contributed by atoms with Crippen LogP contribution >= 0.6 is 11.3 Å². The van der Waals surface area contributed by atoms with Crippen LogP contribution in [0, 0.1) is 6.92 Å². The Bertz CT molecular complexity index is 565. The van der Waals surface area contributed by atoms with Gasteiger partial charge in [0.2, 0.25) is 17.8 Å². The van der Waals surface area contributed by atoms with Gasteiger partial charge in [-0.3, -0.25) is 0 Å². The monoisotopic (exact) mass is 293 g/mol. The molecular weight excluding hydrogens is 274 g/mol. The molecule has 2 heterocycles. The van der Waals surface area contributed by atoms with Gasteiger partial charge in [0.15, 0.2) is 0 Å². The Morgan fingerprint density at radius 3 is 2.55 bits per heavy atom. The molecule has 0 saturated heterocycles. The highest BCUT2D eigenvalue weighted by molar-refractivity contribution is 7.09. The van der Waals surface area contributed by atoms with Gasteiger partial charge in [0, 0.05) is 24.2 Å². The lowest BCUT2D eigenvalue weighted by Gasteiger charge is -2.18. The second-order valence-electron chi connectivity index (χ2n) is 4.23. The summed E-state index contributed by atoms with van der Waals surface area (Å²) in [5, 5.41) is 6.14. The van der Waals surface area contributed by atoms with E-state index in [-0.39, 0.29) is 5.95 Å². The molecule has 2 rings (SSSR count). The predicted octanol–water partition coefficient (Wildman–Crippen LogP) is 1.68. The van der Waals surface area contributed by atoms with Gasteiger partial charge in [0.1, 0.15) is 5.01 Å². The average molecular weight is 293 g/mol. The Kier molecular flexibility index (Phi) is 4.67.